The Hall–Kier alpha value is -4.33. The number of benzene rings is 2. The normalized spacial score (nSPS) is 12.0. The molecule has 2 aromatic rings. The Labute approximate surface area is 184 Å². The molecule has 0 saturated heterocycles. The lowest BCUT2D eigenvalue weighted by molar-refractivity contribution is -0.136. The van der Waals surface area contributed by atoms with Gasteiger partial charge in [0.2, 0.25) is 0 Å². The SMILES string of the molecule is COc1cc(/C=C/C(O)=C(\CCC(=O)O)C(=O)/C=C/c2ccc(O)c(C=O)c2)ccc1O. The second-order valence-electron chi connectivity index (χ2n) is 6.66. The Morgan fingerprint density at radius 3 is 2.16 bits per heavy atom. The molecule has 0 aromatic heterocycles. The number of phenolic OH excluding ortho intramolecular Hbond substituents is 2. The van der Waals surface area contributed by atoms with E-state index in [2.05, 4.69) is 0 Å². The second-order valence-corrected chi connectivity index (χ2v) is 6.66. The molecule has 0 radical (unpaired) electrons. The van der Waals surface area contributed by atoms with Gasteiger partial charge in [-0.15, -0.1) is 0 Å². The van der Waals surface area contributed by atoms with Crippen molar-refractivity contribution in [2.45, 2.75) is 12.8 Å². The Morgan fingerprint density at radius 1 is 0.906 bits per heavy atom. The number of aldehydes is 1. The minimum absolute atomic E-state index is 0.0522. The largest absolute Gasteiger partial charge is 0.508 e. The van der Waals surface area contributed by atoms with Gasteiger partial charge in [0.05, 0.1) is 12.7 Å². The number of carbonyl (C=O) groups is 3. The van der Waals surface area contributed by atoms with Crippen LogP contribution in [0.1, 0.15) is 34.3 Å². The number of phenols is 2. The minimum Gasteiger partial charge on any atom is -0.508 e. The van der Waals surface area contributed by atoms with Crippen molar-refractivity contribution in [3.8, 4) is 17.2 Å². The maximum absolute atomic E-state index is 12.6. The number of methoxy groups -OCH3 is 1. The summed E-state index contributed by atoms with van der Waals surface area (Å²) in [7, 11) is 1.39. The van der Waals surface area contributed by atoms with E-state index in [1.54, 1.807) is 6.07 Å². The maximum atomic E-state index is 12.6. The first kappa shape index (κ1) is 23.9. The zero-order chi connectivity index (χ0) is 23.7. The van der Waals surface area contributed by atoms with Gasteiger partial charge in [0.1, 0.15) is 11.5 Å². The summed E-state index contributed by atoms with van der Waals surface area (Å²) in [6.45, 7) is 0. The number of aliphatic hydroxyl groups is 1. The number of carbonyl (C=O) groups excluding carboxylic acids is 2. The molecule has 8 heteroatoms. The third-order valence-corrected chi connectivity index (χ3v) is 4.44. The van der Waals surface area contributed by atoms with E-state index >= 15 is 0 Å². The molecule has 166 valence electrons. The number of ether oxygens (including phenoxy) is 1. The molecule has 0 aliphatic heterocycles. The number of allylic oxidation sites excluding steroid dienone is 3. The molecule has 0 amide bonds. The number of hydrogen-bond acceptors (Lipinski definition) is 7. The molecule has 0 aliphatic rings. The van der Waals surface area contributed by atoms with Crippen LogP contribution in [0.2, 0.25) is 0 Å². The first-order valence-electron chi connectivity index (χ1n) is 9.44. The van der Waals surface area contributed by atoms with Crippen molar-refractivity contribution >= 4 is 30.2 Å². The highest BCUT2D eigenvalue weighted by Crippen LogP contribution is 2.27. The number of ketones is 1. The zero-order valence-corrected chi connectivity index (χ0v) is 17.2. The highest BCUT2D eigenvalue weighted by molar-refractivity contribution is 6.07. The van der Waals surface area contributed by atoms with Gasteiger partial charge in [0.15, 0.2) is 23.6 Å². The van der Waals surface area contributed by atoms with Crippen LogP contribution in [0, 0.1) is 0 Å². The average molecular weight is 438 g/mol. The van der Waals surface area contributed by atoms with Crippen molar-refractivity contribution in [1.29, 1.82) is 0 Å². The van der Waals surface area contributed by atoms with E-state index < -0.39 is 17.5 Å². The fourth-order valence-electron chi connectivity index (χ4n) is 2.73. The van der Waals surface area contributed by atoms with E-state index in [0.717, 1.165) is 6.08 Å². The molecule has 4 N–H and O–H groups in total. The van der Waals surface area contributed by atoms with Crippen molar-refractivity contribution in [3.05, 3.63) is 76.6 Å². The Balaban J connectivity index is 2.32. The van der Waals surface area contributed by atoms with Crippen molar-refractivity contribution < 1.29 is 39.5 Å². The summed E-state index contributed by atoms with van der Waals surface area (Å²) in [5, 5.41) is 38.6. The summed E-state index contributed by atoms with van der Waals surface area (Å²) in [5.74, 6) is -2.18. The molecule has 8 nitrogen and oxygen atoms in total. The van der Waals surface area contributed by atoms with Crippen LogP contribution in [0.15, 0.2) is 59.9 Å². The molecule has 0 heterocycles. The van der Waals surface area contributed by atoms with E-state index in [0.29, 0.717) is 17.4 Å². The van der Waals surface area contributed by atoms with Gasteiger partial charge < -0.3 is 25.2 Å². The van der Waals surface area contributed by atoms with Gasteiger partial charge in [0, 0.05) is 12.0 Å². The van der Waals surface area contributed by atoms with Crippen molar-refractivity contribution in [2.75, 3.05) is 7.11 Å². The van der Waals surface area contributed by atoms with Crippen molar-refractivity contribution in [2.24, 2.45) is 0 Å². The summed E-state index contributed by atoms with van der Waals surface area (Å²) in [4.78, 5) is 34.5. The van der Waals surface area contributed by atoms with E-state index in [-0.39, 0.29) is 41.2 Å². The lowest BCUT2D eigenvalue weighted by atomic mass is 10.0. The lowest BCUT2D eigenvalue weighted by Gasteiger charge is -2.06. The van der Waals surface area contributed by atoms with Crippen LogP contribution >= 0.6 is 0 Å². The van der Waals surface area contributed by atoms with E-state index in [1.165, 1.54) is 55.7 Å². The van der Waals surface area contributed by atoms with E-state index in [4.69, 9.17) is 9.84 Å². The smallest absolute Gasteiger partial charge is 0.303 e. The maximum Gasteiger partial charge on any atom is 0.303 e. The first-order valence-corrected chi connectivity index (χ1v) is 9.44. The van der Waals surface area contributed by atoms with Crippen LogP contribution in [0.25, 0.3) is 12.2 Å². The predicted octanol–water partition coefficient (Wildman–Crippen LogP) is 3.89. The first-order chi connectivity index (χ1) is 15.2. The van der Waals surface area contributed by atoms with Crippen LogP contribution in [0.4, 0.5) is 0 Å². The van der Waals surface area contributed by atoms with Crippen LogP contribution < -0.4 is 4.74 Å². The zero-order valence-electron chi connectivity index (χ0n) is 17.2. The van der Waals surface area contributed by atoms with Gasteiger partial charge in [0.25, 0.3) is 0 Å². The highest BCUT2D eigenvalue weighted by atomic mass is 16.5. The van der Waals surface area contributed by atoms with Crippen molar-refractivity contribution in [3.63, 3.8) is 0 Å². The van der Waals surface area contributed by atoms with Gasteiger partial charge in [-0.25, -0.2) is 0 Å². The molecule has 0 fully saturated rings. The van der Waals surface area contributed by atoms with Crippen LogP contribution in [-0.4, -0.2) is 45.6 Å². The number of carboxylic acids is 1. The summed E-state index contributed by atoms with van der Waals surface area (Å²) >= 11 is 0. The molecule has 2 rings (SSSR count). The highest BCUT2D eigenvalue weighted by Gasteiger charge is 2.14. The molecule has 0 atom stereocenters. The fourth-order valence-corrected chi connectivity index (χ4v) is 2.73. The standard InChI is InChI=1S/C24H22O8/c1-32-23-13-16(5-10-22(23)29)4-9-21(28)18(6-11-24(30)31)20(27)8-3-15-2-7-19(26)17(12-15)14-25/h2-5,7-10,12-14,26,28-29H,6,11H2,1H3,(H,30,31)/b8-3+,9-4+,21-18-. The molecular weight excluding hydrogens is 416 g/mol. The van der Waals surface area contributed by atoms with Gasteiger partial charge >= 0.3 is 5.97 Å². The minimum atomic E-state index is -1.13. The number of aliphatic hydroxyl groups excluding tert-OH is 1. The van der Waals surface area contributed by atoms with Gasteiger partial charge in [-0.05, 0) is 54.0 Å². The second kappa shape index (κ2) is 11.2. The van der Waals surface area contributed by atoms with E-state index in [1.807, 2.05) is 0 Å². The van der Waals surface area contributed by atoms with E-state index in [9.17, 15) is 29.7 Å². The molecule has 2 aromatic carbocycles. The quantitative estimate of drug-likeness (QED) is 0.189. The lowest BCUT2D eigenvalue weighted by Crippen LogP contribution is -2.05. The number of carboxylic acid groups (broad SMARTS) is 1. The van der Waals surface area contributed by atoms with Crippen LogP contribution in [0.5, 0.6) is 17.2 Å². The summed E-state index contributed by atoms with van der Waals surface area (Å²) in [5.41, 5.74) is 0.968. The van der Waals surface area contributed by atoms with Crippen LogP contribution in [-0.2, 0) is 9.59 Å². The number of aliphatic carboxylic acids is 1. The molecule has 0 aliphatic carbocycles. The topological polar surface area (TPSA) is 141 Å². The Kier molecular flexibility index (Phi) is 8.36. The van der Waals surface area contributed by atoms with Crippen LogP contribution in [0.3, 0.4) is 0 Å². The molecule has 0 spiro atoms. The third-order valence-electron chi connectivity index (χ3n) is 4.44. The van der Waals surface area contributed by atoms with Gasteiger partial charge in [-0.2, -0.15) is 0 Å². The molecular formula is C24H22O8. The summed E-state index contributed by atoms with van der Waals surface area (Å²) in [6.07, 6.45) is 5.16. The molecule has 0 saturated carbocycles. The number of hydrogen-bond donors (Lipinski definition) is 4. The fraction of sp³-hybridized carbons (Fsp3) is 0.125. The Bertz CT molecular complexity index is 1110. The molecule has 0 bridgehead atoms. The van der Waals surface area contributed by atoms with Gasteiger partial charge in [-0.3, -0.25) is 14.4 Å². The number of rotatable bonds is 10. The molecule has 0 unspecified atom stereocenters. The summed E-state index contributed by atoms with van der Waals surface area (Å²) in [6, 6.07) is 8.67. The van der Waals surface area contributed by atoms with Crippen molar-refractivity contribution in [1.82, 2.24) is 0 Å². The number of aromatic hydroxyl groups is 2. The monoisotopic (exact) mass is 438 g/mol. The van der Waals surface area contributed by atoms with Gasteiger partial charge in [-0.1, -0.05) is 24.3 Å². The summed E-state index contributed by atoms with van der Waals surface area (Å²) < 4.78 is 5.02. The predicted molar refractivity (Wildman–Crippen MR) is 118 cm³/mol. The molecule has 32 heavy (non-hydrogen) atoms. The third kappa shape index (κ3) is 6.60. The average Bonchev–Trinajstić information content (AvgIpc) is 2.77. The Morgan fingerprint density at radius 2 is 1.53 bits per heavy atom.